The van der Waals surface area contributed by atoms with Gasteiger partial charge in [0.2, 0.25) is 5.82 Å². The summed E-state index contributed by atoms with van der Waals surface area (Å²) in [6, 6.07) is 17.9. The molecule has 0 aliphatic carbocycles. The monoisotopic (exact) mass is 403 g/mol. The molecule has 2 bridgehead atoms. The maximum absolute atomic E-state index is 12.6. The maximum atomic E-state index is 12.6. The van der Waals surface area contributed by atoms with Gasteiger partial charge in [-0.3, -0.25) is 4.90 Å². The molecule has 154 valence electrons. The first kappa shape index (κ1) is 18.8. The molecule has 2 amide bonds. The van der Waals surface area contributed by atoms with Gasteiger partial charge in [-0.2, -0.15) is 4.98 Å². The van der Waals surface area contributed by atoms with Crippen LogP contribution in [0.5, 0.6) is 0 Å². The van der Waals surface area contributed by atoms with Crippen molar-refractivity contribution in [2.24, 2.45) is 5.73 Å². The molecule has 0 radical (unpaired) electrons. The van der Waals surface area contributed by atoms with E-state index in [1.54, 1.807) is 4.90 Å². The van der Waals surface area contributed by atoms with Crippen molar-refractivity contribution in [1.82, 2.24) is 15.0 Å². The van der Waals surface area contributed by atoms with Gasteiger partial charge in [0.05, 0.1) is 11.3 Å². The number of benzene rings is 2. The number of fused-ring (bicyclic) bond motifs is 2. The van der Waals surface area contributed by atoms with Gasteiger partial charge in [0, 0.05) is 23.7 Å². The predicted molar refractivity (Wildman–Crippen MR) is 115 cm³/mol. The number of hydrogen-bond donors (Lipinski definition) is 1. The zero-order chi connectivity index (χ0) is 20.7. The molecule has 2 aromatic carbocycles. The topological polar surface area (TPSA) is 88.5 Å². The first-order valence-electron chi connectivity index (χ1n) is 10.4. The van der Waals surface area contributed by atoms with Crippen molar-refractivity contribution in [2.45, 2.75) is 43.8 Å². The molecule has 3 aromatic rings. The lowest BCUT2D eigenvalue weighted by Gasteiger charge is -2.41. The second kappa shape index (κ2) is 7.57. The first-order chi connectivity index (χ1) is 14.6. The molecule has 1 aromatic heterocycles. The lowest BCUT2D eigenvalue weighted by Crippen LogP contribution is -2.52. The van der Waals surface area contributed by atoms with Crippen LogP contribution in [0.2, 0.25) is 0 Å². The molecule has 7 heteroatoms. The lowest BCUT2D eigenvalue weighted by molar-refractivity contribution is 0.160. The maximum Gasteiger partial charge on any atom is 0.319 e. The average molecular weight is 403 g/mol. The van der Waals surface area contributed by atoms with Gasteiger partial charge in [0.15, 0.2) is 0 Å². The number of piperidine rings is 1. The van der Waals surface area contributed by atoms with Crippen LogP contribution in [0, 0.1) is 0 Å². The molecule has 3 atom stereocenters. The van der Waals surface area contributed by atoms with E-state index in [1.807, 2.05) is 54.6 Å². The highest BCUT2D eigenvalue weighted by molar-refractivity contribution is 5.95. The molecule has 0 spiro atoms. The average Bonchev–Trinajstić information content (AvgIpc) is 3.31. The summed E-state index contributed by atoms with van der Waals surface area (Å²) < 4.78 is 5.59. The van der Waals surface area contributed by atoms with E-state index >= 15 is 0 Å². The van der Waals surface area contributed by atoms with E-state index in [0.717, 1.165) is 29.7 Å². The minimum atomic E-state index is -0.445. The number of amides is 2. The Kier molecular flexibility index (Phi) is 4.75. The Hall–Kier alpha value is -3.19. The quantitative estimate of drug-likeness (QED) is 0.713. The summed E-state index contributed by atoms with van der Waals surface area (Å²) in [5, 5.41) is 4.14. The molecule has 0 unspecified atom stereocenters. The van der Waals surface area contributed by atoms with E-state index < -0.39 is 6.03 Å². The number of primary amides is 1. The van der Waals surface area contributed by atoms with E-state index in [4.69, 9.17) is 10.3 Å². The van der Waals surface area contributed by atoms with Crippen LogP contribution in [0.15, 0.2) is 59.1 Å². The number of hydrogen-bond acceptors (Lipinski definition) is 5. The third kappa shape index (κ3) is 3.25. The zero-order valence-corrected chi connectivity index (χ0v) is 16.9. The highest BCUT2D eigenvalue weighted by Crippen LogP contribution is 2.40. The van der Waals surface area contributed by atoms with Gasteiger partial charge >= 0.3 is 6.03 Å². The minimum absolute atomic E-state index is 0.0638. The number of rotatable bonds is 4. The molecule has 2 fully saturated rings. The minimum Gasteiger partial charge on any atom is -0.351 e. The Bertz CT molecular complexity index is 1040. The summed E-state index contributed by atoms with van der Waals surface area (Å²) in [5.41, 5.74) is 8.22. The molecule has 3 heterocycles. The van der Waals surface area contributed by atoms with Crippen LogP contribution in [0.1, 0.15) is 25.7 Å². The fourth-order valence-electron chi connectivity index (χ4n) is 4.99. The molecule has 2 saturated heterocycles. The molecule has 2 aliphatic rings. The van der Waals surface area contributed by atoms with Crippen molar-refractivity contribution in [1.29, 1.82) is 0 Å². The second-order valence-corrected chi connectivity index (χ2v) is 8.19. The number of nitrogens with two attached hydrogens (primary N) is 1. The number of anilines is 1. The summed E-state index contributed by atoms with van der Waals surface area (Å²) >= 11 is 0. The van der Waals surface area contributed by atoms with Crippen LogP contribution in [-0.4, -0.2) is 46.2 Å². The molecular weight excluding hydrogens is 378 g/mol. The van der Waals surface area contributed by atoms with E-state index in [1.165, 1.54) is 12.8 Å². The Balaban J connectivity index is 1.51. The molecule has 0 saturated carbocycles. The summed E-state index contributed by atoms with van der Waals surface area (Å²) in [6.45, 7) is 0. The zero-order valence-electron chi connectivity index (χ0n) is 16.9. The van der Waals surface area contributed by atoms with Gasteiger partial charge in [-0.15, -0.1) is 0 Å². The van der Waals surface area contributed by atoms with Crippen molar-refractivity contribution in [2.75, 3.05) is 11.9 Å². The van der Waals surface area contributed by atoms with Gasteiger partial charge < -0.3 is 15.2 Å². The first-order valence-corrected chi connectivity index (χ1v) is 10.4. The lowest BCUT2D eigenvalue weighted by atomic mass is 9.95. The van der Waals surface area contributed by atoms with Crippen LogP contribution >= 0.6 is 0 Å². The van der Waals surface area contributed by atoms with Gasteiger partial charge in [0.25, 0.3) is 5.89 Å². The summed E-state index contributed by atoms with van der Waals surface area (Å²) in [7, 11) is 2.19. The molecule has 7 nitrogen and oxygen atoms in total. The number of carbonyl (C=O) groups excluding carboxylic acids is 1. The number of para-hydroxylation sites is 1. The van der Waals surface area contributed by atoms with Crippen LogP contribution in [0.4, 0.5) is 10.5 Å². The number of carbonyl (C=O) groups is 1. The molecule has 2 N–H and O–H groups in total. The van der Waals surface area contributed by atoms with E-state index in [-0.39, 0.29) is 6.04 Å². The van der Waals surface area contributed by atoms with Crippen molar-refractivity contribution in [3.05, 3.63) is 54.6 Å². The Morgan fingerprint density at radius 2 is 1.73 bits per heavy atom. The standard InChI is InChI=1S/C23H25N5O2/c1-27-16-11-12-17(27)14-18(13-16)28(23(24)29)20-10-6-5-9-19(20)22-25-21(26-30-22)15-7-3-2-4-8-15/h2-10,16-18H,11-14H2,1H3,(H2,24,29)/t16-,17+,18+. The van der Waals surface area contributed by atoms with Crippen molar-refractivity contribution < 1.29 is 9.32 Å². The fourth-order valence-corrected chi connectivity index (χ4v) is 4.99. The molecule has 5 rings (SSSR count). The van der Waals surface area contributed by atoms with E-state index in [0.29, 0.717) is 23.8 Å². The van der Waals surface area contributed by atoms with Crippen LogP contribution < -0.4 is 10.6 Å². The van der Waals surface area contributed by atoms with E-state index in [9.17, 15) is 4.79 Å². The van der Waals surface area contributed by atoms with Crippen molar-refractivity contribution >= 4 is 11.7 Å². The molecule has 2 aliphatic heterocycles. The predicted octanol–water partition coefficient (Wildman–Crippen LogP) is 3.91. The Morgan fingerprint density at radius 3 is 2.43 bits per heavy atom. The highest BCUT2D eigenvalue weighted by atomic mass is 16.5. The third-order valence-corrected chi connectivity index (χ3v) is 6.53. The van der Waals surface area contributed by atoms with Gasteiger partial charge in [0.1, 0.15) is 0 Å². The second-order valence-electron chi connectivity index (χ2n) is 8.19. The van der Waals surface area contributed by atoms with Crippen LogP contribution in [0.3, 0.4) is 0 Å². The summed E-state index contributed by atoms with van der Waals surface area (Å²) in [5.74, 6) is 0.898. The van der Waals surface area contributed by atoms with Gasteiger partial charge in [-0.25, -0.2) is 4.79 Å². The Morgan fingerprint density at radius 1 is 1.07 bits per heavy atom. The molecule has 30 heavy (non-hydrogen) atoms. The van der Waals surface area contributed by atoms with Crippen molar-refractivity contribution in [3.8, 4) is 22.8 Å². The number of urea groups is 1. The largest absolute Gasteiger partial charge is 0.351 e. The number of nitrogens with zero attached hydrogens (tertiary/aromatic N) is 4. The van der Waals surface area contributed by atoms with E-state index in [2.05, 4.69) is 22.1 Å². The summed E-state index contributed by atoms with van der Waals surface area (Å²) in [4.78, 5) is 21.4. The number of aromatic nitrogens is 2. The van der Waals surface area contributed by atoms with Crippen LogP contribution in [-0.2, 0) is 0 Å². The third-order valence-electron chi connectivity index (χ3n) is 6.53. The van der Waals surface area contributed by atoms with Gasteiger partial charge in [-0.1, -0.05) is 47.6 Å². The van der Waals surface area contributed by atoms with Crippen LogP contribution in [0.25, 0.3) is 22.8 Å². The smallest absolute Gasteiger partial charge is 0.319 e. The van der Waals surface area contributed by atoms with Crippen molar-refractivity contribution in [3.63, 3.8) is 0 Å². The fraction of sp³-hybridized carbons (Fsp3) is 0.348. The normalized spacial score (nSPS) is 23.4. The SMILES string of the molecule is CN1[C@@H]2CC[C@H]1C[C@@H](N(C(N)=O)c1ccccc1-c1nc(-c3ccccc3)no1)C2. The summed E-state index contributed by atoms with van der Waals surface area (Å²) in [6.07, 6.45) is 4.19. The Labute approximate surface area is 175 Å². The molecular formula is C23H25N5O2. The highest BCUT2D eigenvalue weighted by Gasteiger charge is 2.42. The van der Waals surface area contributed by atoms with Gasteiger partial charge in [-0.05, 0) is 44.9 Å².